The lowest BCUT2D eigenvalue weighted by Crippen LogP contribution is -2.42. The maximum atomic E-state index is 12.9. The van der Waals surface area contributed by atoms with E-state index in [4.69, 9.17) is 0 Å². The van der Waals surface area contributed by atoms with Gasteiger partial charge in [-0.25, -0.2) is 15.2 Å². The number of hydrogen-bond acceptors (Lipinski definition) is 6. The number of imidazole rings is 1. The first-order valence-corrected chi connectivity index (χ1v) is 8.89. The van der Waals surface area contributed by atoms with Crippen molar-refractivity contribution in [2.75, 3.05) is 0 Å². The highest BCUT2D eigenvalue weighted by Crippen LogP contribution is 2.06. The Hall–Kier alpha value is -3.56. The van der Waals surface area contributed by atoms with Gasteiger partial charge in [0.1, 0.15) is 0 Å². The van der Waals surface area contributed by atoms with Crippen LogP contribution < -0.4 is 16.7 Å². The number of carbonyl (C=O) groups excluding carboxylic acids is 1. The smallest absolute Gasteiger partial charge is 0.325 e. The molecule has 0 aromatic carbocycles. The van der Waals surface area contributed by atoms with Crippen LogP contribution in [0, 0.1) is 0 Å². The summed E-state index contributed by atoms with van der Waals surface area (Å²) in [7, 11) is 0. The number of carbonyl (C=O) groups is 1. The third-order valence-corrected chi connectivity index (χ3v) is 4.32. The molecule has 3 heterocycles. The average molecular weight is 383 g/mol. The normalized spacial score (nSPS) is 11.8. The number of hydrogen-bond donors (Lipinski definition) is 1. The molecule has 3 aromatic heterocycles. The van der Waals surface area contributed by atoms with Crippen molar-refractivity contribution in [1.29, 1.82) is 0 Å². The molecule has 10 heteroatoms. The van der Waals surface area contributed by atoms with Crippen molar-refractivity contribution in [3.05, 3.63) is 57.3 Å². The van der Waals surface area contributed by atoms with Gasteiger partial charge in [-0.15, -0.1) is 0 Å². The Labute approximate surface area is 160 Å². The molecule has 28 heavy (non-hydrogen) atoms. The van der Waals surface area contributed by atoms with Crippen molar-refractivity contribution >= 4 is 22.8 Å². The summed E-state index contributed by atoms with van der Waals surface area (Å²) in [6, 6.07) is 3.12. The van der Waals surface area contributed by atoms with E-state index in [1.54, 1.807) is 30.0 Å². The third-order valence-electron chi connectivity index (χ3n) is 4.32. The molecule has 1 N–H and O–H groups in total. The fourth-order valence-electron chi connectivity index (χ4n) is 2.88. The van der Waals surface area contributed by atoms with Gasteiger partial charge in [-0.05, 0) is 32.9 Å². The Morgan fingerprint density at radius 3 is 2.50 bits per heavy atom. The molecule has 0 fully saturated rings. The number of fused-ring (bicyclic) bond motifs is 1. The van der Waals surface area contributed by atoms with Gasteiger partial charge in [0.2, 0.25) is 0 Å². The molecule has 0 atom stereocenters. The molecule has 0 unspecified atom stereocenters. The summed E-state index contributed by atoms with van der Waals surface area (Å²) in [6.07, 6.45) is 4.56. The van der Waals surface area contributed by atoms with Crippen molar-refractivity contribution in [1.82, 2.24) is 29.1 Å². The van der Waals surface area contributed by atoms with Gasteiger partial charge in [0.05, 0.1) is 18.6 Å². The molecular weight excluding hydrogens is 362 g/mol. The molecule has 1 amide bonds. The second kappa shape index (κ2) is 7.99. The number of hydrazone groups is 1. The molecule has 0 spiro atoms. The molecule has 0 aliphatic heterocycles. The van der Waals surface area contributed by atoms with Crippen molar-refractivity contribution in [2.24, 2.45) is 5.10 Å². The number of rotatable bonds is 6. The van der Waals surface area contributed by atoms with E-state index in [2.05, 4.69) is 20.5 Å². The summed E-state index contributed by atoms with van der Waals surface area (Å²) in [4.78, 5) is 45.8. The minimum atomic E-state index is -0.462. The van der Waals surface area contributed by atoms with Crippen LogP contribution in [0.3, 0.4) is 0 Å². The third kappa shape index (κ3) is 3.48. The van der Waals surface area contributed by atoms with Gasteiger partial charge >= 0.3 is 5.69 Å². The fraction of sp³-hybridized carbons (Fsp3) is 0.333. The van der Waals surface area contributed by atoms with Crippen LogP contribution in [0.2, 0.25) is 0 Å². The Kier molecular flexibility index (Phi) is 5.48. The van der Waals surface area contributed by atoms with Crippen molar-refractivity contribution < 1.29 is 4.79 Å². The van der Waals surface area contributed by atoms with Crippen LogP contribution >= 0.6 is 0 Å². The van der Waals surface area contributed by atoms with Crippen LogP contribution in [0.1, 0.15) is 31.1 Å². The highest BCUT2D eigenvalue weighted by atomic mass is 16.2. The summed E-state index contributed by atoms with van der Waals surface area (Å²) in [5.74, 6) is -0.403. The van der Waals surface area contributed by atoms with Gasteiger partial charge < -0.3 is 4.57 Å². The SMILES string of the molecule is CCn1cnc2c1c(=O)n(CC(C)=NNC(=O)c1ccncc1)c(=O)n2CC. The Morgan fingerprint density at radius 1 is 1.14 bits per heavy atom. The summed E-state index contributed by atoms with van der Waals surface area (Å²) in [5, 5.41) is 4.01. The molecule has 3 rings (SSSR count). The quantitative estimate of drug-likeness (QED) is 0.494. The highest BCUT2D eigenvalue weighted by Gasteiger charge is 2.17. The molecular formula is C18H21N7O3. The van der Waals surface area contributed by atoms with Crippen LogP contribution in [-0.4, -0.2) is 35.3 Å². The van der Waals surface area contributed by atoms with Gasteiger partial charge in [0.25, 0.3) is 11.5 Å². The minimum absolute atomic E-state index is 0.0425. The topological polar surface area (TPSA) is 116 Å². The largest absolute Gasteiger partial charge is 0.333 e. The van der Waals surface area contributed by atoms with E-state index >= 15 is 0 Å². The molecule has 3 aromatic rings. The predicted octanol–water partition coefficient (Wildman–Crippen LogP) is 0.600. The Morgan fingerprint density at radius 2 is 1.86 bits per heavy atom. The van der Waals surface area contributed by atoms with E-state index in [0.29, 0.717) is 35.5 Å². The Bertz CT molecular complexity index is 1160. The fourth-order valence-corrected chi connectivity index (χ4v) is 2.88. The van der Waals surface area contributed by atoms with Crippen LogP contribution in [0.15, 0.2) is 45.5 Å². The van der Waals surface area contributed by atoms with E-state index in [-0.39, 0.29) is 6.54 Å². The van der Waals surface area contributed by atoms with Crippen LogP contribution in [0.5, 0.6) is 0 Å². The zero-order chi connectivity index (χ0) is 20.3. The van der Waals surface area contributed by atoms with E-state index in [9.17, 15) is 14.4 Å². The number of aryl methyl sites for hydroxylation is 2. The summed E-state index contributed by atoms with van der Waals surface area (Å²) >= 11 is 0. The van der Waals surface area contributed by atoms with E-state index in [1.165, 1.54) is 17.0 Å². The van der Waals surface area contributed by atoms with Gasteiger partial charge in [-0.1, -0.05) is 0 Å². The molecule has 0 saturated carbocycles. The van der Waals surface area contributed by atoms with Crippen molar-refractivity contribution in [2.45, 2.75) is 40.4 Å². The molecule has 0 radical (unpaired) electrons. The lowest BCUT2D eigenvalue weighted by molar-refractivity contribution is 0.0954. The van der Waals surface area contributed by atoms with Gasteiger partial charge in [-0.3, -0.25) is 23.7 Å². The van der Waals surface area contributed by atoms with Gasteiger partial charge in [-0.2, -0.15) is 5.10 Å². The lowest BCUT2D eigenvalue weighted by Gasteiger charge is -2.11. The van der Waals surface area contributed by atoms with Gasteiger partial charge in [0.15, 0.2) is 11.2 Å². The average Bonchev–Trinajstić information content (AvgIpc) is 3.14. The first-order valence-electron chi connectivity index (χ1n) is 8.89. The molecule has 0 aliphatic rings. The molecule has 0 aliphatic carbocycles. The number of amides is 1. The highest BCUT2D eigenvalue weighted by molar-refractivity contribution is 5.95. The monoisotopic (exact) mass is 383 g/mol. The van der Waals surface area contributed by atoms with Crippen molar-refractivity contribution in [3.63, 3.8) is 0 Å². The number of pyridine rings is 1. The maximum absolute atomic E-state index is 12.9. The summed E-state index contributed by atoms with van der Waals surface area (Å²) < 4.78 is 4.26. The second-order valence-electron chi connectivity index (χ2n) is 6.14. The first kappa shape index (κ1) is 19.2. The zero-order valence-corrected chi connectivity index (χ0v) is 15.9. The first-order chi connectivity index (χ1) is 13.5. The summed E-state index contributed by atoms with van der Waals surface area (Å²) in [6.45, 7) is 6.24. The van der Waals surface area contributed by atoms with Crippen LogP contribution in [-0.2, 0) is 19.6 Å². The van der Waals surface area contributed by atoms with Gasteiger partial charge in [0, 0.05) is 31.0 Å². The van der Waals surface area contributed by atoms with E-state index in [1.807, 2.05) is 13.8 Å². The Balaban J connectivity index is 1.94. The van der Waals surface area contributed by atoms with E-state index < -0.39 is 17.2 Å². The second-order valence-corrected chi connectivity index (χ2v) is 6.14. The molecule has 0 saturated heterocycles. The molecule has 10 nitrogen and oxygen atoms in total. The number of nitrogens with one attached hydrogen (secondary N) is 1. The standard InChI is InChI=1S/C18H21N7O3/c1-4-23-11-20-15-14(23)17(27)25(18(28)24(15)5-2)10-12(3)21-22-16(26)13-6-8-19-9-7-13/h6-9,11H,4-5,10H2,1-3H3,(H,22,26). The minimum Gasteiger partial charge on any atom is -0.325 e. The molecule has 0 bridgehead atoms. The number of nitrogens with zero attached hydrogens (tertiary/aromatic N) is 6. The van der Waals surface area contributed by atoms with Crippen molar-refractivity contribution in [3.8, 4) is 0 Å². The maximum Gasteiger partial charge on any atom is 0.333 e. The molecule has 146 valence electrons. The lowest BCUT2D eigenvalue weighted by atomic mass is 10.3. The van der Waals surface area contributed by atoms with Crippen LogP contribution in [0.4, 0.5) is 0 Å². The number of aromatic nitrogens is 5. The van der Waals surface area contributed by atoms with E-state index in [0.717, 1.165) is 4.57 Å². The summed E-state index contributed by atoms with van der Waals surface area (Å²) in [5.41, 5.74) is 3.09. The zero-order valence-electron chi connectivity index (χ0n) is 15.9. The van der Waals surface area contributed by atoms with Crippen LogP contribution in [0.25, 0.3) is 11.2 Å². The predicted molar refractivity (Wildman–Crippen MR) is 104 cm³/mol.